The SMILES string of the molecule is FOc1c(I)c(OF)c(OF)c(OF)c1OF. The van der Waals surface area contributed by atoms with E-state index in [1.165, 1.54) is 22.6 Å². The molecule has 11 heteroatoms. The van der Waals surface area contributed by atoms with Crippen molar-refractivity contribution in [1.29, 1.82) is 0 Å². The zero-order chi connectivity index (χ0) is 13.0. The van der Waals surface area contributed by atoms with Gasteiger partial charge in [-0.1, -0.05) is 0 Å². The van der Waals surface area contributed by atoms with Gasteiger partial charge in [0, 0.05) is 22.6 Å². The summed E-state index contributed by atoms with van der Waals surface area (Å²) in [5, 5.41) is 0. The first-order valence-corrected chi connectivity index (χ1v) is 4.56. The standard InChI is InChI=1S/C6F5IO5/c7-13-2-1(12)3(14-8)5(16-10)6(17-11)4(2)15-9. The van der Waals surface area contributed by atoms with E-state index in [0.29, 0.717) is 0 Å². The van der Waals surface area contributed by atoms with Gasteiger partial charge < -0.3 is 0 Å². The summed E-state index contributed by atoms with van der Waals surface area (Å²) in [7, 11) is 0. The van der Waals surface area contributed by atoms with E-state index >= 15 is 0 Å². The largest absolute Gasteiger partial charge is 0.289 e. The first-order chi connectivity index (χ1) is 8.15. The lowest BCUT2D eigenvalue weighted by atomic mass is 10.2. The molecule has 0 unspecified atom stereocenters. The first-order valence-electron chi connectivity index (χ1n) is 3.48. The first kappa shape index (κ1) is 13.7. The summed E-state index contributed by atoms with van der Waals surface area (Å²) in [6, 6.07) is 0. The second-order valence-electron chi connectivity index (χ2n) is 2.35. The minimum atomic E-state index is -1.45. The highest BCUT2D eigenvalue weighted by Gasteiger charge is 2.33. The van der Waals surface area contributed by atoms with Crippen molar-refractivity contribution in [3.63, 3.8) is 0 Å². The Morgan fingerprint density at radius 2 is 0.765 bits per heavy atom. The molecule has 0 aliphatic carbocycles. The van der Waals surface area contributed by atoms with E-state index in [-0.39, 0.29) is 0 Å². The van der Waals surface area contributed by atoms with Gasteiger partial charge in [-0.25, -0.2) is 0 Å². The van der Waals surface area contributed by atoms with Crippen LogP contribution in [0.5, 0.6) is 28.7 Å². The summed E-state index contributed by atoms with van der Waals surface area (Å²) in [6.07, 6.45) is 0. The molecule has 0 saturated carbocycles. The van der Waals surface area contributed by atoms with Crippen LogP contribution < -0.4 is 24.7 Å². The van der Waals surface area contributed by atoms with Crippen molar-refractivity contribution in [2.24, 2.45) is 0 Å². The molecule has 0 aliphatic heterocycles. The van der Waals surface area contributed by atoms with Crippen LogP contribution in [0.3, 0.4) is 0 Å². The van der Waals surface area contributed by atoms with E-state index in [1.807, 2.05) is 0 Å². The molecule has 0 aliphatic rings. The Kier molecular flexibility index (Phi) is 4.65. The highest BCUT2D eigenvalue weighted by Crippen LogP contribution is 2.54. The summed E-state index contributed by atoms with van der Waals surface area (Å²) in [4.78, 5) is 15.2. The van der Waals surface area contributed by atoms with Crippen LogP contribution in [0.2, 0.25) is 0 Å². The van der Waals surface area contributed by atoms with Crippen LogP contribution in [0.15, 0.2) is 0 Å². The number of halogens is 6. The zero-order valence-electron chi connectivity index (χ0n) is 7.31. The average molecular weight is 374 g/mol. The van der Waals surface area contributed by atoms with Crippen molar-refractivity contribution < 1.29 is 47.3 Å². The molecule has 96 valence electrons. The van der Waals surface area contributed by atoms with E-state index in [4.69, 9.17) is 0 Å². The van der Waals surface area contributed by atoms with Crippen LogP contribution in [-0.2, 0) is 0 Å². The van der Waals surface area contributed by atoms with Crippen molar-refractivity contribution in [3.8, 4) is 28.7 Å². The predicted molar refractivity (Wildman–Crippen MR) is 47.8 cm³/mol. The maximum Gasteiger partial charge on any atom is 0.272 e. The minimum Gasteiger partial charge on any atom is -0.289 e. The van der Waals surface area contributed by atoms with Crippen molar-refractivity contribution in [2.75, 3.05) is 0 Å². The molecule has 0 fully saturated rings. The van der Waals surface area contributed by atoms with Crippen LogP contribution in [-0.4, -0.2) is 0 Å². The Balaban J connectivity index is 3.66. The molecule has 1 aromatic carbocycles. The Bertz CT molecular complexity index is 383. The number of rotatable bonds is 5. The van der Waals surface area contributed by atoms with Gasteiger partial charge in [-0.2, -0.15) is 0 Å². The Labute approximate surface area is 103 Å². The molecule has 0 atom stereocenters. The van der Waals surface area contributed by atoms with Crippen LogP contribution in [0, 0.1) is 3.57 Å². The van der Waals surface area contributed by atoms with E-state index < -0.39 is 32.3 Å². The zero-order valence-corrected chi connectivity index (χ0v) is 9.47. The van der Waals surface area contributed by atoms with E-state index in [1.54, 1.807) is 0 Å². The molecule has 1 aromatic rings. The maximum absolute atomic E-state index is 12.1. The fraction of sp³-hybridized carbons (Fsp3) is 0. The Hall–Kier alpha value is -1.40. The highest BCUT2D eigenvalue weighted by atomic mass is 127. The molecule has 0 heterocycles. The van der Waals surface area contributed by atoms with Crippen molar-refractivity contribution in [3.05, 3.63) is 3.57 Å². The molecule has 0 spiro atoms. The molecular weight excluding hydrogens is 374 g/mol. The normalized spacial score (nSPS) is 9.76. The van der Waals surface area contributed by atoms with Gasteiger partial charge in [-0.05, 0) is 22.6 Å². The predicted octanol–water partition coefficient (Wildman–Crippen LogP) is 3.61. The van der Waals surface area contributed by atoms with Crippen LogP contribution in [0.4, 0.5) is 22.6 Å². The van der Waals surface area contributed by atoms with Gasteiger partial charge in [0.1, 0.15) is 3.57 Å². The third-order valence-corrected chi connectivity index (χ3v) is 2.59. The molecule has 0 aromatic heterocycles. The summed E-state index contributed by atoms with van der Waals surface area (Å²) in [5.41, 5.74) is 0. The third kappa shape index (κ3) is 2.18. The van der Waals surface area contributed by atoms with Gasteiger partial charge >= 0.3 is 0 Å². The topological polar surface area (TPSA) is 46.2 Å². The smallest absolute Gasteiger partial charge is 0.272 e. The monoisotopic (exact) mass is 374 g/mol. The van der Waals surface area contributed by atoms with Gasteiger partial charge in [-0.15, -0.1) is 0 Å². The summed E-state index contributed by atoms with van der Waals surface area (Å²) in [5.74, 6) is -6.39. The lowest BCUT2D eigenvalue weighted by Gasteiger charge is -2.10. The minimum absolute atomic E-state index is 0.631. The van der Waals surface area contributed by atoms with Gasteiger partial charge in [0.05, 0.1) is 0 Å². The van der Waals surface area contributed by atoms with E-state index in [9.17, 15) is 22.6 Å². The maximum atomic E-state index is 12.1. The molecular formula is C6F5IO5. The van der Waals surface area contributed by atoms with Crippen molar-refractivity contribution in [1.82, 2.24) is 0 Å². The van der Waals surface area contributed by atoms with Gasteiger partial charge in [0.2, 0.25) is 11.5 Å². The summed E-state index contributed by atoms with van der Waals surface area (Å²) >= 11 is 1.17. The summed E-state index contributed by atoms with van der Waals surface area (Å²) in [6.45, 7) is 0. The lowest BCUT2D eigenvalue weighted by Crippen LogP contribution is -1.97. The average Bonchev–Trinajstić information content (AvgIpc) is 2.36. The number of benzene rings is 1. The quantitative estimate of drug-likeness (QED) is 0.582. The second-order valence-corrected chi connectivity index (χ2v) is 3.42. The second kappa shape index (κ2) is 5.79. The van der Waals surface area contributed by atoms with Gasteiger partial charge in [0.25, 0.3) is 17.2 Å². The van der Waals surface area contributed by atoms with Crippen LogP contribution >= 0.6 is 22.6 Å². The van der Waals surface area contributed by atoms with Crippen LogP contribution in [0.1, 0.15) is 0 Å². The molecule has 0 amide bonds. The number of hydrogen-bond donors (Lipinski definition) is 0. The number of hydrogen-bond acceptors (Lipinski definition) is 5. The third-order valence-electron chi connectivity index (χ3n) is 1.61. The van der Waals surface area contributed by atoms with Gasteiger partial charge in [-0.3, -0.25) is 24.7 Å². The lowest BCUT2D eigenvalue weighted by molar-refractivity contribution is -0.0751. The van der Waals surface area contributed by atoms with Gasteiger partial charge in [0.15, 0.2) is 0 Å². The van der Waals surface area contributed by atoms with Crippen molar-refractivity contribution >= 4 is 22.6 Å². The fourth-order valence-corrected chi connectivity index (χ4v) is 1.62. The Morgan fingerprint density at radius 3 is 1.00 bits per heavy atom. The van der Waals surface area contributed by atoms with E-state index in [2.05, 4.69) is 24.7 Å². The highest BCUT2D eigenvalue weighted by molar-refractivity contribution is 14.1. The molecule has 0 saturated heterocycles. The molecule has 0 bridgehead atoms. The molecule has 0 N–H and O–H groups in total. The fourth-order valence-electron chi connectivity index (χ4n) is 0.960. The van der Waals surface area contributed by atoms with Crippen LogP contribution in [0.25, 0.3) is 0 Å². The molecule has 5 nitrogen and oxygen atoms in total. The summed E-state index contributed by atoms with van der Waals surface area (Å²) < 4.78 is 59.6. The molecule has 17 heavy (non-hydrogen) atoms. The van der Waals surface area contributed by atoms with Crippen molar-refractivity contribution in [2.45, 2.75) is 0 Å². The molecule has 1 rings (SSSR count). The molecule has 0 radical (unpaired) electrons. The Morgan fingerprint density at radius 1 is 0.529 bits per heavy atom. The van der Waals surface area contributed by atoms with E-state index in [0.717, 1.165) is 0 Å².